The van der Waals surface area contributed by atoms with E-state index in [0.29, 0.717) is 5.69 Å². The van der Waals surface area contributed by atoms with Gasteiger partial charge in [0.15, 0.2) is 0 Å². The molecular formula is C20H23ClN4O. The summed E-state index contributed by atoms with van der Waals surface area (Å²) in [7, 11) is 0. The summed E-state index contributed by atoms with van der Waals surface area (Å²) in [6.07, 6.45) is 2.19. The SMILES string of the molecule is O=C(c1cccc(N2CCN(c3ccc(Cl)cc3)CC2)n1)N1CCCC1. The van der Waals surface area contributed by atoms with Gasteiger partial charge in [0.05, 0.1) is 0 Å². The van der Waals surface area contributed by atoms with Crippen molar-refractivity contribution in [3.05, 3.63) is 53.2 Å². The van der Waals surface area contributed by atoms with Crippen LogP contribution >= 0.6 is 11.6 Å². The summed E-state index contributed by atoms with van der Waals surface area (Å²) < 4.78 is 0. The van der Waals surface area contributed by atoms with E-state index >= 15 is 0 Å². The van der Waals surface area contributed by atoms with Crippen LogP contribution in [0.1, 0.15) is 23.3 Å². The first-order valence-electron chi connectivity index (χ1n) is 9.22. The largest absolute Gasteiger partial charge is 0.368 e. The fourth-order valence-corrected chi connectivity index (χ4v) is 3.77. The summed E-state index contributed by atoms with van der Waals surface area (Å²) >= 11 is 5.98. The maximum Gasteiger partial charge on any atom is 0.272 e. The van der Waals surface area contributed by atoms with Gasteiger partial charge in [0.1, 0.15) is 11.5 Å². The number of aromatic nitrogens is 1. The van der Waals surface area contributed by atoms with Crippen LogP contribution in [0.25, 0.3) is 0 Å². The van der Waals surface area contributed by atoms with Crippen molar-refractivity contribution in [3.8, 4) is 0 Å². The number of benzene rings is 1. The van der Waals surface area contributed by atoms with E-state index in [1.54, 1.807) is 0 Å². The fourth-order valence-electron chi connectivity index (χ4n) is 3.65. The van der Waals surface area contributed by atoms with Crippen LogP contribution < -0.4 is 9.80 Å². The van der Waals surface area contributed by atoms with Crippen LogP contribution in [0, 0.1) is 0 Å². The highest BCUT2D eigenvalue weighted by molar-refractivity contribution is 6.30. The Labute approximate surface area is 159 Å². The minimum Gasteiger partial charge on any atom is -0.368 e. The van der Waals surface area contributed by atoms with Crippen molar-refractivity contribution in [2.75, 3.05) is 49.1 Å². The molecular weight excluding hydrogens is 348 g/mol. The Kier molecular flexibility index (Phi) is 4.98. The van der Waals surface area contributed by atoms with Crippen molar-refractivity contribution in [3.63, 3.8) is 0 Å². The third kappa shape index (κ3) is 3.63. The molecule has 2 aliphatic rings. The highest BCUT2D eigenvalue weighted by Crippen LogP contribution is 2.22. The predicted molar refractivity (Wildman–Crippen MR) is 105 cm³/mol. The van der Waals surface area contributed by atoms with Gasteiger partial charge in [-0.3, -0.25) is 4.79 Å². The lowest BCUT2D eigenvalue weighted by Crippen LogP contribution is -2.47. The Bertz CT molecular complexity index is 766. The average Bonchev–Trinajstić information content (AvgIpc) is 3.23. The quantitative estimate of drug-likeness (QED) is 0.831. The second-order valence-corrected chi connectivity index (χ2v) is 7.27. The van der Waals surface area contributed by atoms with Crippen molar-refractivity contribution in [2.45, 2.75) is 12.8 Å². The predicted octanol–water partition coefficient (Wildman–Crippen LogP) is 3.30. The second kappa shape index (κ2) is 7.54. The van der Waals surface area contributed by atoms with Gasteiger partial charge in [-0.1, -0.05) is 17.7 Å². The minimum absolute atomic E-state index is 0.0594. The zero-order chi connectivity index (χ0) is 17.9. The smallest absolute Gasteiger partial charge is 0.272 e. The van der Waals surface area contributed by atoms with Gasteiger partial charge in [0.2, 0.25) is 0 Å². The van der Waals surface area contributed by atoms with Crippen molar-refractivity contribution in [1.82, 2.24) is 9.88 Å². The molecule has 2 aliphatic heterocycles. The van der Waals surface area contributed by atoms with E-state index in [2.05, 4.69) is 26.9 Å². The summed E-state index contributed by atoms with van der Waals surface area (Å²) in [4.78, 5) is 23.7. The third-order valence-corrected chi connectivity index (χ3v) is 5.39. The Balaban J connectivity index is 1.42. The van der Waals surface area contributed by atoms with E-state index < -0.39 is 0 Å². The van der Waals surface area contributed by atoms with Gasteiger partial charge in [-0.25, -0.2) is 4.98 Å². The number of carbonyl (C=O) groups is 1. The molecule has 0 radical (unpaired) electrons. The maximum absolute atomic E-state index is 12.6. The molecule has 2 fully saturated rings. The highest BCUT2D eigenvalue weighted by Gasteiger charge is 2.23. The molecule has 0 saturated carbocycles. The lowest BCUT2D eigenvalue weighted by atomic mass is 10.2. The summed E-state index contributed by atoms with van der Waals surface area (Å²) in [6.45, 7) is 5.32. The first-order chi connectivity index (χ1) is 12.7. The average molecular weight is 371 g/mol. The number of rotatable bonds is 3. The first-order valence-corrected chi connectivity index (χ1v) is 9.60. The maximum atomic E-state index is 12.6. The topological polar surface area (TPSA) is 39.7 Å². The van der Waals surface area contributed by atoms with Crippen molar-refractivity contribution < 1.29 is 4.79 Å². The zero-order valence-electron chi connectivity index (χ0n) is 14.8. The molecule has 5 nitrogen and oxygen atoms in total. The van der Waals surface area contributed by atoms with Crippen LogP contribution in [0.5, 0.6) is 0 Å². The van der Waals surface area contributed by atoms with Crippen molar-refractivity contribution in [2.24, 2.45) is 0 Å². The number of amides is 1. The van der Waals surface area contributed by atoms with E-state index in [-0.39, 0.29) is 5.91 Å². The Hall–Kier alpha value is -2.27. The molecule has 0 unspecified atom stereocenters. The molecule has 3 heterocycles. The summed E-state index contributed by atoms with van der Waals surface area (Å²) in [5, 5.41) is 0.760. The molecule has 0 spiro atoms. The zero-order valence-corrected chi connectivity index (χ0v) is 15.5. The summed E-state index contributed by atoms with van der Waals surface area (Å²) in [6, 6.07) is 13.7. The van der Waals surface area contributed by atoms with Crippen LogP contribution in [0.3, 0.4) is 0 Å². The fraction of sp³-hybridized carbons (Fsp3) is 0.400. The number of hydrogen-bond acceptors (Lipinski definition) is 4. The minimum atomic E-state index is 0.0594. The molecule has 2 saturated heterocycles. The van der Waals surface area contributed by atoms with Gasteiger partial charge < -0.3 is 14.7 Å². The van der Waals surface area contributed by atoms with E-state index in [4.69, 9.17) is 11.6 Å². The normalized spacial score (nSPS) is 17.7. The van der Waals surface area contributed by atoms with Gasteiger partial charge in [0, 0.05) is 50.0 Å². The van der Waals surface area contributed by atoms with Crippen LogP contribution in [0.2, 0.25) is 5.02 Å². The standard InChI is InChI=1S/C20H23ClN4O/c21-16-6-8-17(9-7-16)23-12-14-24(15-13-23)19-5-3-4-18(22-19)20(26)25-10-1-2-11-25/h3-9H,1-2,10-15H2. The lowest BCUT2D eigenvalue weighted by molar-refractivity contribution is 0.0787. The van der Waals surface area contributed by atoms with Crippen LogP contribution in [0.15, 0.2) is 42.5 Å². The number of carbonyl (C=O) groups excluding carboxylic acids is 1. The molecule has 6 heteroatoms. The molecule has 0 atom stereocenters. The van der Waals surface area contributed by atoms with Crippen LogP contribution in [-0.2, 0) is 0 Å². The number of nitrogens with zero attached hydrogens (tertiary/aromatic N) is 4. The van der Waals surface area contributed by atoms with Crippen molar-refractivity contribution >= 4 is 29.0 Å². The van der Waals surface area contributed by atoms with E-state index in [1.165, 1.54) is 5.69 Å². The first kappa shape index (κ1) is 17.2. The Morgan fingerprint density at radius 2 is 1.50 bits per heavy atom. The monoisotopic (exact) mass is 370 g/mol. The van der Waals surface area contributed by atoms with E-state index in [1.807, 2.05) is 35.2 Å². The van der Waals surface area contributed by atoms with Gasteiger partial charge in [-0.05, 0) is 49.2 Å². The molecule has 1 aromatic heterocycles. The van der Waals surface area contributed by atoms with Crippen LogP contribution in [0.4, 0.5) is 11.5 Å². The number of likely N-dealkylation sites (tertiary alicyclic amines) is 1. The Morgan fingerprint density at radius 3 is 2.19 bits per heavy atom. The third-order valence-electron chi connectivity index (χ3n) is 5.14. The molecule has 0 N–H and O–H groups in total. The molecule has 1 amide bonds. The molecule has 4 rings (SSSR count). The number of halogens is 1. The Morgan fingerprint density at radius 1 is 0.846 bits per heavy atom. The van der Waals surface area contributed by atoms with Gasteiger partial charge in [-0.15, -0.1) is 0 Å². The number of hydrogen-bond donors (Lipinski definition) is 0. The van der Waals surface area contributed by atoms with Crippen LogP contribution in [-0.4, -0.2) is 55.1 Å². The lowest BCUT2D eigenvalue weighted by Gasteiger charge is -2.36. The molecule has 136 valence electrons. The van der Waals surface area contributed by atoms with E-state index in [9.17, 15) is 4.79 Å². The van der Waals surface area contributed by atoms with Gasteiger partial charge >= 0.3 is 0 Å². The van der Waals surface area contributed by atoms with Gasteiger partial charge in [-0.2, -0.15) is 0 Å². The molecule has 26 heavy (non-hydrogen) atoms. The number of pyridine rings is 1. The number of piperazine rings is 1. The molecule has 0 bridgehead atoms. The highest BCUT2D eigenvalue weighted by atomic mass is 35.5. The number of anilines is 2. The molecule has 0 aliphatic carbocycles. The molecule has 2 aromatic rings. The summed E-state index contributed by atoms with van der Waals surface area (Å²) in [5.41, 5.74) is 1.75. The summed E-state index contributed by atoms with van der Waals surface area (Å²) in [5.74, 6) is 0.954. The van der Waals surface area contributed by atoms with Gasteiger partial charge in [0.25, 0.3) is 5.91 Å². The second-order valence-electron chi connectivity index (χ2n) is 6.83. The van der Waals surface area contributed by atoms with E-state index in [0.717, 1.165) is 63.0 Å². The van der Waals surface area contributed by atoms with Crippen molar-refractivity contribution in [1.29, 1.82) is 0 Å². The molecule has 1 aromatic carbocycles.